The molecule has 0 saturated carbocycles. The van der Waals surface area contributed by atoms with Crippen LogP contribution in [-0.2, 0) is 13.1 Å². The molecular formula is C16H14N2O2. The van der Waals surface area contributed by atoms with Crippen molar-refractivity contribution in [2.45, 2.75) is 13.1 Å². The van der Waals surface area contributed by atoms with Crippen molar-refractivity contribution < 1.29 is 9.59 Å². The summed E-state index contributed by atoms with van der Waals surface area (Å²) in [4.78, 5) is 25.3. The van der Waals surface area contributed by atoms with Crippen LogP contribution in [0.2, 0.25) is 0 Å². The van der Waals surface area contributed by atoms with Crippen LogP contribution < -0.4 is 5.73 Å². The minimum atomic E-state index is -0.489. The van der Waals surface area contributed by atoms with E-state index in [4.69, 9.17) is 5.73 Å². The highest BCUT2D eigenvalue weighted by Crippen LogP contribution is 2.20. The summed E-state index contributed by atoms with van der Waals surface area (Å²) in [6, 6.07) is 14.6. The number of nitrogens with two attached hydrogens (primary N) is 1. The van der Waals surface area contributed by atoms with Crippen molar-refractivity contribution >= 4 is 11.8 Å². The molecule has 0 aliphatic carbocycles. The van der Waals surface area contributed by atoms with Crippen molar-refractivity contribution in [2.75, 3.05) is 0 Å². The van der Waals surface area contributed by atoms with Crippen LogP contribution in [0.5, 0.6) is 0 Å². The summed E-state index contributed by atoms with van der Waals surface area (Å²) >= 11 is 0. The number of amides is 2. The van der Waals surface area contributed by atoms with E-state index >= 15 is 0 Å². The molecule has 1 aliphatic rings. The lowest BCUT2D eigenvalue weighted by Gasteiger charge is -2.27. The van der Waals surface area contributed by atoms with E-state index in [9.17, 15) is 9.59 Å². The zero-order valence-electron chi connectivity index (χ0n) is 10.9. The standard InChI is InChI=1S/C16H14N2O2/c17-15(19)13-4-6-14(7-5-13)16(20)18-9-11-2-1-3-12(8-11)10-18/h1-8H,9-10H2,(H2,17,19). The van der Waals surface area contributed by atoms with E-state index in [0.717, 1.165) is 11.1 Å². The molecule has 2 bridgehead atoms. The Labute approximate surface area is 116 Å². The lowest BCUT2D eigenvalue weighted by Crippen LogP contribution is -2.32. The van der Waals surface area contributed by atoms with Crippen molar-refractivity contribution in [2.24, 2.45) is 5.73 Å². The first-order valence-electron chi connectivity index (χ1n) is 6.40. The summed E-state index contributed by atoms with van der Waals surface area (Å²) in [5.74, 6) is -0.523. The molecule has 2 N–H and O–H groups in total. The molecule has 3 rings (SSSR count). The number of benzene rings is 2. The molecular weight excluding hydrogens is 252 g/mol. The van der Waals surface area contributed by atoms with Gasteiger partial charge in [0.1, 0.15) is 0 Å². The Hall–Kier alpha value is -2.62. The van der Waals surface area contributed by atoms with Crippen LogP contribution in [0.1, 0.15) is 31.8 Å². The van der Waals surface area contributed by atoms with Crippen molar-refractivity contribution in [3.8, 4) is 0 Å². The summed E-state index contributed by atoms with van der Waals surface area (Å²) in [7, 11) is 0. The maximum Gasteiger partial charge on any atom is 0.254 e. The molecule has 2 aromatic rings. The second kappa shape index (κ2) is 4.81. The third kappa shape index (κ3) is 2.28. The maximum absolute atomic E-state index is 12.4. The van der Waals surface area contributed by atoms with Crippen molar-refractivity contribution in [1.29, 1.82) is 0 Å². The second-order valence-electron chi connectivity index (χ2n) is 4.92. The number of hydrogen-bond acceptors (Lipinski definition) is 2. The van der Waals surface area contributed by atoms with Crippen molar-refractivity contribution in [3.05, 3.63) is 70.8 Å². The van der Waals surface area contributed by atoms with Gasteiger partial charge in [0.15, 0.2) is 0 Å². The third-order valence-electron chi connectivity index (χ3n) is 3.44. The van der Waals surface area contributed by atoms with Crippen LogP contribution in [0.15, 0.2) is 48.5 Å². The maximum atomic E-state index is 12.4. The van der Waals surface area contributed by atoms with E-state index in [-0.39, 0.29) is 5.91 Å². The number of nitrogens with zero attached hydrogens (tertiary/aromatic N) is 1. The van der Waals surface area contributed by atoms with Gasteiger partial charge in [0.05, 0.1) is 0 Å². The zero-order valence-corrected chi connectivity index (χ0v) is 10.9. The predicted molar refractivity (Wildman–Crippen MR) is 75.0 cm³/mol. The van der Waals surface area contributed by atoms with Crippen molar-refractivity contribution in [3.63, 3.8) is 0 Å². The average Bonchev–Trinajstić information content (AvgIpc) is 2.46. The van der Waals surface area contributed by atoms with Crippen LogP contribution in [0.4, 0.5) is 0 Å². The van der Waals surface area contributed by atoms with Gasteiger partial charge >= 0.3 is 0 Å². The van der Waals surface area contributed by atoms with Gasteiger partial charge in [-0.05, 0) is 35.4 Å². The van der Waals surface area contributed by atoms with Gasteiger partial charge in [-0.3, -0.25) is 9.59 Å². The molecule has 0 unspecified atom stereocenters. The smallest absolute Gasteiger partial charge is 0.254 e. The Morgan fingerprint density at radius 2 is 1.45 bits per heavy atom. The van der Waals surface area contributed by atoms with E-state index < -0.39 is 5.91 Å². The predicted octanol–water partition coefficient (Wildman–Crippen LogP) is 1.94. The highest BCUT2D eigenvalue weighted by atomic mass is 16.2. The SMILES string of the molecule is NC(=O)c1ccc(C(=O)N2Cc3cccc(c3)C2)cc1. The summed E-state index contributed by atoms with van der Waals surface area (Å²) in [6.45, 7) is 1.23. The van der Waals surface area contributed by atoms with E-state index in [0.29, 0.717) is 24.2 Å². The molecule has 20 heavy (non-hydrogen) atoms. The van der Waals surface area contributed by atoms with Crippen LogP contribution in [0.3, 0.4) is 0 Å². The fraction of sp³-hybridized carbons (Fsp3) is 0.125. The largest absolute Gasteiger partial charge is 0.366 e. The van der Waals surface area contributed by atoms with E-state index in [1.54, 1.807) is 29.2 Å². The molecule has 100 valence electrons. The van der Waals surface area contributed by atoms with Gasteiger partial charge in [0.25, 0.3) is 5.91 Å². The molecule has 0 spiro atoms. The first-order chi connectivity index (χ1) is 9.63. The lowest BCUT2D eigenvalue weighted by molar-refractivity contribution is 0.0723. The lowest BCUT2D eigenvalue weighted by atomic mass is 10.0. The van der Waals surface area contributed by atoms with Gasteiger partial charge in [-0.1, -0.05) is 24.3 Å². The number of carbonyl (C=O) groups excluding carboxylic acids is 2. The minimum Gasteiger partial charge on any atom is -0.366 e. The number of carbonyl (C=O) groups is 2. The van der Waals surface area contributed by atoms with E-state index in [2.05, 4.69) is 6.07 Å². The molecule has 0 aromatic heterocycles. The minimum absolute atomic E-state index is 0.0344. The number of rotatable bonds is 2. The fourth-order valence-electron chi connectivity index (χ4n) is 2.43. The van der Waals surface area contributed by atoms with Crippen molar-refractivity contribution in [1.82, 2.24) is 4.90 Å². The average molecular weight is 266 g/mol. The Morgan fingerprint density at radius 1 is 0.900 bits per heavy atom. The third-order valence-corrected chi connectivity index (χ3v) is 3.44. The van der Waals surface area contributed by atoms with Crippen LogP contribution >= 0.6 is 0 Å². The number of fused-ring (bicyclic) bond motifs is 2. The second-order valence-corrected chi connectivity index (χ2v) is 4.92. The zero-order chi connectivity index (χ0) is 14.1. The first-order valence-corrected chi connectivity index (χ1v) is 6.40. The Kier molecular flexibility index (Phi) is 2.99. The monoisotopic (exact) mass is 266 g/mol. The summed E-state index contributed by atoms with van der Waals surface area (Å²) in [6.07, 6.45) is 0. The molecule has 4 nitrogen and oxygen atoms in total. The summed E-state index contributed by atoms with van der Waals surface area (Å²) in [5, 5.41) is 0. The van der Waals surface area contributed by atoms with Gasteiger partial charge in [-0.25, -0.2) is 0 Å². The van der Waals surface area contributed by atoms with Gasteiger partial charge in [0, 0.05) is 24.2 Å². The topological polar surface area (TPSA) is 63.4 Å². The van der Waals surface area contributed by atoms with Gasteiger partial charge in [-0.15, -0.1) is 0 Å². The summed E-state index contributed by atoms with van der Waals surface area (Å²) in [5.41, 5.74) is 8.44. The summed E-state index contributed by atoms with van der Waals surface area (Å²) < 4.78 is 0. The molecule has 2 aromatic carbocycles. The fourth-order valence-corrected chi connectivity index (χ4v) is 2.43. The molecule has 0 saturated heterocycles. The Morgan fingerprint density at radius 3 is 2.00 bits per heavy atom. The molecule has 4 heteroatoms. The molecule has 1 aliphatic heterocycles. The molecule has 0 radical (unpaired) electrons. The molecule has 1 heterocycles. The van der Waals surface area contributed by atoms with E-state index in [1.807, 2.05) is 18.2 Å². The number of hydrogen-bond donors (Lipinski definition) is 1. The Balaban J connectivity index is 1.81. The molecule has 2 amide bonds. The van der Waals surface area contributed by atoms with Gasteiger partial charge in [-0.2, -0.15) is 0 Å². The normalized spacial score (nSPS) is 13.1. The molecule has 0 fully saturated rings. The first kappa shape index (κ1) is 12.4. The van der Waals surface area contributed by atoms with Crippen LogP contribution in [0, 0.1) is 0 Å². The van der Waals surface area contributed by atoms with Crippen LogP contribution in [-0.4, -0.2) is 16.7 Å². The molecule has 0 atom stereocenters. The van der Waals surface area contributed by atoms with Gasteiger partial charge in [0.2, 0.25) is 5.91 Å². The highest BCUT2D eigenvalue weighted by molar-refractivity contribution is 5.97. The quantitative estimate of drug-likeness (QED) is 0.902. The van der Waals surface area contributed by atoms with Gasteiger partial charge < -0.3 is 10.6 Å². The Bertz CT molecular complexity index is 656. The number of primary amides is 1. The van der Waals surface area contributed by atoms with E-state index in [1.165, 1.54) is 0 Å². The van der Waals surface area contributed by atoms with Crippen LogP contribution in [0.25, 0.3) is 0 Å². The highest BCUT2D eigenvalue weighted by Gasteiger charge is 2.20.